The number of aromatic nitrogens is 5. The fourth-order valence-electron chi connectivity index (χ4n) is 3.98. The van der Waals surface area contributed by atoms with Gasteiger partial charge in [0.1, 0.15) is 11.5 Å². The monoisotopic (exact) mass is 517 g/mol. The van der Waals surface area contributed by atoms with Crippen LogP contribution in [-0.4, -0.2) is 40.7 Å². The molecule has 1 fully saturated rings. The molecule has 4 aromatic rings. The van der Waals surface area contributed by atoms with E-state index in [-0.39, 0.29) is 42.4 Å². The van der Waals surface area contributed by atoms with Gasteiger partial charge in [-0.15, -0.1) is 13.2 Å². The van der Waals surface area contributed by atoms with Crippen LogP contribution in [0.3, 0.4) is 0 Å². The highest BCUT2D eigenvalue weighted by Gasteiger charge is 2.40. The summed E-state index contributed by atoms with van der Waals surface area (Å²) in [5.41, 5.74) is -1.48. The van der Waals surface area contributed by atoms with Crippen molar-refractivity contribution < 1.29 is 27.8 Å². The first kappa shape index (κ1) is 24.6. The maximum absolute atomic E-state index is 13.5. The standard InChI is InChI=1S/C24H22F3N5O5/c1-30-19-18(20(33)31(22(30)34)12-10-23(35)8-9-23)32(14-15-5-2-3-11-28-15)21(29-19)36-16-6-4-7-17(13-16)37-24(25,26)27/h2-7,11,13,35H,8-10,12,14H2,1H3. The molecule has 10 nitrogen and oxygen atoms in total. The lowest BCUT2D eigenvalue weighted by molar-refractivity contribution is -0.274. The highest BCUT2D eigenvalue weighted by Crippen LogP contribution is 2.38. The minimum absolute atomic E-state index is 0.0136. The van der Waals surface area contributed by atoms with E-state index in [0.29, 0.717) is 18.5 Å². The van der Waals surface area contributed by atoms with Gasteiger partial charge >= 0.3 is 18.1 Å². The Hall–Kier alpha value is -4.13. The van der Waals surface area contributed by atoms with Crippen molar-refractivity contribution in [3.05, 3.63) is 75.2 Å². The van der Waals surface area contributed by atoms with Gasteiger partial charge in [0, 0.05) is 25.9 Å². The molecule has 1 saturated carbocycles. The molecule has 3 heterocycles. The third-order valence-corrected chi connectivity index (χ3v) is 6.12. The van der Waals surface area contributed by atoms with Gasteiger partial charge in [-0.2, -0.15) is 4.98 Å². The lowest BCUT2D eigenvalue weighted by Gasteiger charge is -2.13. The van der Waals surface area contributed by atoms with E-state index >= 15 is 0 Å². The number of imidazole rings is 1. The molecule has 1 N–H and O–H groups in total. The van der Waals surface area contributed by atoms with Crippen LogP contribution in [0.25, 0.3) is 11.2 Å². The number of rotatable bonds is 8. The Kier molecular flexibility index (Phi) is 6.02. The number of aryl methyl sites for hydroxylation is 1. The molecule has 1 aromatic carbocycles. The van der Waals surface area contributed by atoms with Crippen LogP contribution < -0.4 is 20.7 Å². The molecule has 5 rings (SSSR count). The average Bonchev–Trinajstić information content (AvgIpc) is 3.47. The Balaban J connectivity index is 1.62. The van der Waals surface area contributed by atoms with Crippen molar-refractivity contribution in [2.24, 2.45) is 7.05 Å². The van der Waals surface area contributed by atoms with Crippen molar-refractivity contribution in [3.8, 4) is 17.5 Å². The van der Waals surface area contributed by atoms with E-state index in [0.717, 1.165) is 16.7 Å². The summed E-state index contributed by atoms with van der Waals surface area (Å²) in [5, 5.41) is 10.2. The molecule has 0 bridgehead atoms. The van der Waals surface area contributed by atoms with Gasteiger partial charge in [-0.25, -0.2) is 4.79 Å². The highest BCUT2D eigenvalue weighted by molar-refractivity contribution is 5.72. The summed E-state index contributed by atoms with van der Waals surface area (Å²) >= 11 is 0. The summed E-state index contributed by atoms with van der Waals surface area (Å²) in [7, 11) is 1.45. The minimum Gasteiger partial charge on any atom is -0.425 e. The second-order valence-electron chi connectivity index (χ2n) is 8.87. The van der Waals surface area contributed by atoms with Crippen LogP contribution in [0.4, 0.5) is 13.2 Å². The second-order valence-corrected chi connectivity index (χ2v) is 8.87. The fourth-order valence-corrected chi connectivity index (χ4v) is 3.98. The molecule has 1 aliphatic carbocycles. The molecule has 0 unspecified atom stereocenters. The van der Waals surface area contributed by atoms with E-state index in [2.05, 4.69) is 14.7 Å². The Labute approximate surface area is 207 Å². The van der Waals surface area contributed by atoms with Crippen LogP contribution in [-0.2, 0) is 20.1 Å². The molecule has 0 saturated heterocycles. The van der Waals surface area contributed by atoms with Gasteiger partial charge in [-0.05, 0) is 43.5 Å². The van der Waals surface area contributed by atoms with E-state index < -0.39 is 29.0 Å². The normalized spacial score (nSPS) is 14.6. The Bertz CT molecular complexity index is 1570. The van der Waals surface area contributed by atoms with Crippen molar-refractivity contribution in [1.29, 1.82) is 0 Å². The number of hydrogen-bond donors (Lipinski definition) is 1. The zero-order valence-corrected chi connectivity index (χ0v) is 19.6. The summed E-state index contributed by atoms with van der Waals surface area (Å²) in [6, 6.07) is 9.93. The first-order valence-corrected chi connectivity index (χ1v) is 11.4. The minimum atomic E-state index is -4.89. The third kappa shape index (κ3) is 5.21. The maximum atomic E-state index is 13.5. The number of ether oxygens (including phenoxy) is 2. The van der Waals surface area contributed by atoms with Crippen molar-refractivity contribution in [1.82, 2.24) is 23.7 Å². The van der Waals surface area contributed by atoms with Gasteiger partial charge in [-0.1, -0.05) is 12.1 Å². The van der Waals surface area contributed by atoms with Crippen molar-refractivity contribution in [2.75, 3.05) is 0 Å². The summed E-state index contributed by atoms with van der Waals surface area (Å²) < 4.78 is 51.5. The lowest BCUT2D eigenvalue weighted by Crippen LogP contribution is -2.40. The van der Waals surface area contributed by atoms with E-state index in [1.807, 2.05) is 0 Å². The number of nitrogens with zero attached hydrogens (tertiary/aromatic N) is 5. The predicted octanol–water partition coefficient (Wildman–Crippen LogP) is 2.95. The first-order valence-electron chi connectivity index (χ1n) is 11.4. The van der Waals surface area contributed by atoms with E-state index in [9.17, 15) is 27.9 Å². The zero-order valence-electron chi connectivity index (χ0n) is 19.6. The van der Waals surface area contributed by atoms with Crippen LogP contribution in [0.15, 0.2) is 58.3 Å². The Morgan fingerprint density at radius 3 is 2.51 bits per heavy atom. The number of aliphatic hydroxyl groups is 1. The molecule has 194 valence electrons. The molecular formula is C24H22F3N5O5. The third-order valence-electron chi connectivity index (χ3n) is 6.12. The molecule has 3 aromatic heterocycles. The van der Waals surface area contributed by atoms with E-state index in [1.54, 1.807) is 24.4 Å². The first-order chi connectivity index (χ1) is 17.5. The SMILES string of the molecule is Cn1c(=O)n(CCC2(O)CC2)c(=O)c2c1nc(Oc1cccc(OC(F)(F)F)c1)n2Cc1ccccn1. The van der Waals surface area contributed by atoms with E-state index in [4.69, 9.17) is 4.74 Å². The smallest absolute Gasteiger partial charge is 0.425 e. The molecule has 0 aliphatic heterocycles. The molecule has 37 heavy (non-hydrogen) atoms. The molecule has 0 amide bonds. The molecule has 13 heteroatoms. The number of pyridine rings is 1. The van der Waals surface area contributed by atoms with Gasteiger partial charge in [-0.3, -0.25) is 23.5 Å². The Morgan fingerprint density at radius 2 is 1.84 bits per heavy atom. The van der Waals surface area contributed by atoms with Gasteiger partial charge < -0.3 is 14.6 Å². The van der Waals surface area contributed by atoms with Crippen molar-refractivity contribution in [2.45, 2.75) is 44.3 Å². The molecule has 0 radical (unpaired) electrons. The predicted molar refractivity (Wildman–Crippen MR) is 125 cm³/mol. The topological polar surface area (TPSA) is 113 Å². The van der Waals surface area contributed by atoms with Gasteiger partial charge in [0.25, 0.3) is 5.56 Å². The fraction of sp³-hybridized carbons (Fsp3) is 0.333. The quantitative estimate of drug-likeness (QED) is 0.382. The van der Waals surface area contributed by atoms with Gasteiger partial charge in [0.2, 0.25) is 0 Å². The van der Waals surface area contributed by atoms with Crippen molar-refractivity contribution >= 4 is 11.2 Å². The van der Waals surface area contributed by atoms with Crippen LogP contribution >= 0.6 is 0 Å². The average molecular weight is 517 g/mol. The van der Waals surface area contributed by atoms with E-state index in [1.165, 1.54) is 28.3 Å². The molecular weight excluding hydrogens is 495 g/mol. The number of fused-ring (bicyclic) bond motifs is 1. The summed E-state index contributed by atoms with van der Waals surface area (Å²) in [5.74, 6) is -0.522. The highest BCUT2D eigenvalue weighted by atomic mass is 19.4. The van der Waals surface area contributed by atoms with Crippen LogP contribution in [0, 0.1) is 0 Å². The lowest BCUT2D eigenvalue weighted by atomic mass is 10.2. The second kappa shape index (κ2) is 9.07. The number of halogens is 3. The largest absolute Gasteiger partial charge is 0.573 e. The number of alkyl halides is 3. The van der Waals surface area contributed by atoms with Crippen LogP contribution in [0.1, 0.15) is 25.0 Å². The van der Waals surface area contributed by atoms with Gasteiger partial charge in [0.05, 0.1) is 17.8 Å². The zero-order chi connectivity index (χ0) is 26.4. The summed E-state index contributed by atoms with van der Waals surface area (Å²) in [4.78, 5) is 35.1. The number of benzene rings is 1. The summed E-state index contributed by atoms with van der Waals surface area (Å²) in [6.45, 7) is 0.0442. The molecule has 0 spiro atoms. The van der Waals surface area contributed by atoms with Crippen molar-refractivity contribution in [3.63, 3.8) is 0 Å². The van der Waals surface area contributed by atoms with Crippen LogP contribution in [0.2, 0.25) is 0 Å². The number of hydrogen-bond acceptors (Lipinski definition) is 7. The molecule has 1 aliphatic rings. The summed E-state index contributed by atoms with van der Waals surface area (Å²) in [6.07, 6.45) is -1.86. The Morgan fingerprint density at radius 1 is 1.08 bits per heavy atom. The van der Waals surface area contributed by atoms with Gasteiger partial charge in [0.15, 0.2) is 11.2 Å². The molecule has 0 atom stereocenters. The maximum Gasteiger partial charge on any atom is 0.573 e. The van der Waals surface area contributed by atoms with Crippen LogP contribution in [0.5, 0.6) is 17.5 Å².